The number of aryl methyl sites for hydroxylation is 1. The highest BCUT2D eigenvalue weighted by Crippen LogP contribution is 2.34. The lowest BCUT2D eigenvalue weighted by molar-refractivity contribution is -0.383. The molecule has 0 amide bonds. The Morgan fingerprint density at radius 3 is 2.89 bits per heavy atom. The zero-order valence-electron chi connectivity index (χ0n) is 15.0. The number of nitrogens with two attached hydrogens (primary N) is 1. The average Bonchev–Trinajstić information content (AvgIpc) is 3.05. The van der Waals surface area contributed by atoms with E-state index in [1.807, 2.05) is 6.20 Å². The summed E-state index contributed by atoms with van der Waals surface area (Å²) in [7, 11) is 0. The molecule has 0 spiro atoms. The summed E-state index contributed by atoms with van der Waals surface area (Å²) >= 11 is 5.87. The number of nitrogens with one attached hydrogen (secondary N) is 2. The van der Waals surface area contributed by atoms with Crippen LogP contribution in [-0.4, -0.2) is 29.6 Å². The number of nitrogens with zero attached hydrogens (tertiary/aromatic N) is 1. The van der Waals surface area contributed by atoms with Gasteiger partial charge in [0, 0.05) is 35.8 Å². The molecule has 2 aromatic carbocycles. The highest BCUT2D eigenvalue weighted by atomic mass is 35.5. The van der Waals surface area contributed by atoms with Gasteiger partial charge in [0.25, 0.3) is 5.69 Å². The molecular formula is C19H20ClFN4O3. The van der Waals surface area contributed by atoms with Gasteiger partial charge in [0.15, 0.2) is 11.4 Å². The van der Waals surface area contributed by atoms with Crippen LogP contribution >= 0.6 is 11.6 Å². The number of nitro groups is 1. The summed E-state index contributed by atoms with van der Waals surface area (Å²) in [6.45, 7) is 1.58. The summed E-state index contributed by atoms with van der Waals surface area (Å²) in [4.78, 5) is 13.5. The zero-order chi connectivity index (χ0) is 20.1. The van der Waals surface area contributed by atoms with E-state index in [1.54, 1.807) is 6.07 Å². The molecule has 0 radical (unpaired) electrons. The minimum Gasteiger partial charge on any atom is -0.490 e. The van der Waals surface area contributed by atoms with Crippen molar-refractivity contribution >= 4 is 33.9 Å². The first-order chi connectivity index (χ1) is 13.5. The van der Waals surface area contributed by atoms with Crippen LogP contribution in [-0.2, 0) is 6.42 Å². The second kappa shape index (κ2) is 8.90. The molecule has 0 saturated carbocycles. The Morgan fingerprint density at radius 1 is 1.29 bits per heavy atom. The summed E-state index contributed by atoms with van der Waals surface area (Å²) in [6, 6.07) is 7.36. The Balaban J connectivity index is 1.42. The van der Waals surface area contributed by atoms with E-state index < -0.39 is 4.92 Å². The van der Waals surface area contributed by atoms with Gasteiger partial charge in [-0.1, -0.05) is 11.6 Å². The van der Waals surface area contributed by atoms with Gasteiger partial charge in [-0.05, 0) is 43.1 Å². The maximum atomic E-state index is 13.4. The van der Waals surface area contributed by atoms with E-state index in [1.165, 1.54) is 24.3 Å². The van der Waals surface area contributed by atoms with Crippen LogP contribution in [0.4, 0.5) is 15.8 Å². The first-order valence-corrected chi connectivity index (χ1v) is 9.16. The number of rotatable bonds is 9. The van der Waals surface area contributed by atoms with Crippen LogP contribution in [0, 0.1) is 15.9 Å². The predicted octanol–water partition coefficient (Wildman–Crippen LogP) is 4.05. The molecule has 1 heterocycles. The summed E-state index contributed by atoms with van der Waals surface area (Å²) in [5, 5.41) is 15.3. The highest BCUT2D eigenvalue weighted by molar-refractivity contribution is 6.31. The largest absolute Gasteiger partial charge is 0.490 e. The Labute approximate surface area is 165 Å². The number of hydrogen-bond donors (Lipinski definition) is 3. The summed E-state index contributed by atoms with van der Waals surface area (Å²) in [5.41, 5.74) is 7.43. The quantitative estimate of drug-likeness (QED) is 0.215. The number of H-pyrrole nitrogens is 1. The molecule has 4 N–H and O–H groups in total. The Bertz CT molecular complexity index is 993. The van der Waals surface area contributed by atoms with E-state index in [0.717, 1.165) is 35.9 Å². The third-order valence-electron chi connectivity index (χ3n) is 4.35. The third kappa shape index (κ3) is 4.71. The van der Waals surface area contributed by atoms with Crippen molar-refractivity contribution in [2.75, 3.05) is 25.4 Å². The molecule has 0 bridgehead atoms. The standard InChI is InChI=1S/C19H20ClFN4O3/c20-13-8-17(25(26)27)19(22)18(9-13)28-7-6-23-5-1-2-12-11-24-16-4-3-14(21)10-15(12)16/h3-4,8-11,23-24H,1-2,5-7,22H2. The molecule has 0 unspecified atom stereocenters. The van der Waals surface area contributed by atoms with Gasteiger partial charge in [-0.15, -0.1) is 0 Å². The van der Waals surface area contributed by atoms with Crippen molar-refractivity contribution in [3.05, 3.63) is 63.0 Å². The molecule has 9 heteroatoms. The van der Waals surface area contributed by atoms with Gasteiger partial charge in [0.1, 0.15) is 12.4 Å². The van der Waals surface area contributed by atoms with Crippen molar-refractivity contribution < 1.29 is 14.1 Å². The van der Waals surface area contributed by atoms with Crippen LogP contribution < -0.4 is 15.8 Å². The summed E-state index contributed by atoms with van der Waals surface area (Å²) < 4.78 is 18.9. The van der Waals surface area contributed by atoms with Crippen molar-refractivity contribution in [3.8, 4) is 5.75 Å². The minimum absolute atomic E-state index is 0.0408. The topological polar surface area (TPSA) is 106 Å². The Hall–Kier alpha value is -2.84. The number of aromatic nitrogens is 1. The van der Waals surface area contributed by atoms with Gasteiger partial charge in [0.2, 0.25) is 0 Å². The molecule has 0 fully saturated rings. The molecule has 1 aromatic heterocycles. The fourth-order valence-corrected chi connectivity index (χ4v) is 3.17. The van der Waals surface area contributed by atoms with Gasteiger partial charge in [-0.25, -0.2) is 4.39 Å². The van der Waals surface area contributed by atoms with Gasteiger partial charge in [0.05, 0.1) is 9.95 Å². The van der Waals surface area contributed by atoms with Gasteiger partial charge in [-0.3, -0.25) is 10.1 Å². The number of hydrogen-bond acceptors (Lipinski definition) is 5. The zero-order valence-corrected chi connectivity index (χ0v) is 15.8. The van der Waals surface area contributed by atoms with E-state index in [-0.39, 0.29) is 28.0 Å². The molecular weight excluding hydrogens is 387 g/mol. The second-order valence-electron chi connectivity index (χ2n) is 6.30. The fourth-order valence-electron chi connectivity index (χ4n) is 2.97. The first-order valence-electron chi connectivity index (χ1n) is 8.78. The lowest BCUT2D eigenvalue weighted by atomic mass is 10.1. The molecule has 3 aromatic rings. The Morgan fingerprint density at radius 2 is 2.11 bits per heavy atom. The molecule has 148 valence electrons. The van der Waals surface area contributed by atoms with Crippen molar-refractivity contribution in [2.45, 2.75) is 12.8 Å². The molecule has 0 aliphatic heterocycles. The van der Waals surface area contributed by atoms with Crippen LogP contribution in [0.25, 0.3) is 10.9 Å². The minimum atomic E-state index is -0.594. The first kappa shape index (κ1) is 19.9. The number of halogens is 2. The molecule has 0 aliphatic carbocycles. The van der Waals surface area contributed by atoms with Crippen molar-refractivity contribution in [1.82, 2.24) is 10.3 Å². The number of nitro benzene ring substituents is 1. The van der Waals surface area contributed by atoms with E-state index in [4.69, 9.17) is 22.1 Å². The normalized spacial score (nSPS) is 11.1. The smallest absolute Gasteiger partial charge is 0.297 e. The van der Waals surface area contributed by atoms with Gasteiger partial charge >= 0.3 is 0 Å². The monoisotopic (exact) mass is 406 g/mol. The molecule has 28 heavy (non-hydrogen) atoms. The second-order valence-corrected chi connectivity index (χ2v) is 6.74. The van der Waals surface area contributed by atoms with Crippen molar-refractivity contribution in [1.29, 1.82) is 0 Å². The number of benzene rings is 2. The lowest BCUT2D eigenvalue weighted by Gasteiger charge is -2.10. The van der Waals surface area contributed by atoms with E-state index in [2.05, 4.69) is 10.3 Å². The predicted molar refractivity (Wildman–Crippen MR) is 107 cm³/mol. The van der Waals surface area contributed by atoms with Crippen LogP contribution in [0.15, 0.2) is 36.5 Å². The number of ether oxygens (including phenoxy) is 1. The maximum Gasteiger partial charge on any atom is 0.297 e. The fraction of sp³-hybridized carbons (Fsp3) is 0.263. The van der Waals surface area contributed by atoms with Crippen molar-refractivity contribution in [2.24, 2.45) is 0 Å². The molecule has 3 rings (SSSR count). The number of aromatic amines is 1. The van der Waals surface area contributed by atoms with E-state index >= 15 is 0 Å². The van der Waals surface area contributed by atoms with Crippen LogP contribution in [0.1, 0.15) is 12.0 Å². The van der Waals surface area contributed by atoms with Crippen LogP contribution in [0.2, 0.25) is 5.02 Å². The van der Waals surface area contributed by atoms with Gasteiger partial charge < -0.3 is 20.8 Å². The molecule has 7 nitrogen and oxygen atoms in total. The molecule has 0 atom stereocenters. The third-order valence-corrected chi connectivity index (χ3v) is 4.57. The average molecular weight is 407 g/mol. The number of nitrogen functional groups attached to an aromatic ring is 1. The Kier molecular flexibility index (Phi) is 6.33. The number of anilines is 1. The molecule has 0 aliphatic rings. The van der Waals surface area contributed by atoms with E-state index in [0.29, 0.717) is 13.2 Å². The maximum absolute atomic E-state index is 13.4. The molecule has 0 saturated heterocycles. The summed E-state index contributed by atoms with van der Waals surface area (Å²) in [6.07, 6.45) is 3.58. The van der Waals surface area contributed by atoms with Crippen LogP contribution in [0.3, 0.4) is 0 Å². The van der Waals surface area contributed by atoms with Crippen LogP contribution in [0.5, 0.6) is 5.75 Å². The van der Waals surface area contributed by atoms with Crippen molar-refractivity contribution in [3.63, 3.8) is 0 Å². The summed E-state index contributed by atoms with van der Waals surface area (Å²) in [5.74, 6) is -0.0500. The lowest BCUT2D eigenvalue weighted by Crippen LogP contribution is -2.22. The van der Waals surface area contributed by atoms with E-state index in [9.17, 15) is 14.5 Å². The SMILES string of the molecule is Nc1c(OCCNCCCc2c[nH]c3ccc(F)cc23)cc(Cl)cc1[N+](=O)[O-]. The number of fused-ring (bicyclic) bond motifs is 1. The van der Waals surface area contributed by atoms with Gasteiger partial charge in [-0.2, -0.15) is 0 Å². The highest BCUT2D eigenvalue weighted by Gasteiger charge is 2.17.